The van der Waals surface area contributed by atoms with Gasteiger partial charge >= 0.3 is 5.97 Å². The normalized spacial score (nSPS) is 13.0. The van der Waals surface area contributed by atoms with Gasteiger partial charge in [0.25, 0.3) is 0 Å². The smallest absolute Gasteiger partial charge is 0.328 e. The van der Waals surface area contributed by atoms with Crippen LogP contribution in [-0.2, 0) is 25.5 Å². The molecule has 156 valence electrons. The highest BCUT2D eigenvalue weighted by molar-refractivity contribution is 8.13. The van der Waals surface area contributed by atoms with E-state index in [1.807, 2.05) is 50.4 Å². The van der Waals surface area contributed by atoms with Crippen molar-refractivity contribution < 1.29 is 19.1 Å². The number of aromatic nitrogens is 2. The second kappa shape index (κ2) is 10.8. The molecule has 1 amide bonds. The Morgan fingerprint density at radius 2 is 1.90 bits per heavy atom. The van der Waals surface area contributed by atoms with Gasteiger partial charge in [0.1, 0.15) is 6.04 Å². The van der Waals surface area contributed by atoms with Crippen LogP contribution in [-0.4, -0.2) is 45.7 Å². The summed E-state index contributed by atoms with van der Waals surface area (Å²) in [4.78, 5) is 36.3. The van der Waals surface area contributed by atoms with Gasteiger partial charge in [0.05, 0.1) is 12.8 Å². The van der Waals surface area contributed by atoms with E-state index < -0.39 is 12.0 Å². The number of carbonyl (C=O) groups is 3. The zero-order chi connectivity index (χ0) is 21.4. The van der Waals surface area contributed by atoms with E-state index in [1.54, 1.807) is 10.9 Å². The lowest BCUT2D eigenvalue weighted by atomic mass is 9.96. The number of hydrogen-bond acceptors (Lipinski definition) is 6. The van der Waals surface area contributed by atoms with Crippen molar-refractivity contribution in [2.24, 2.45) is 11.8 Å². The predicted molar refractivity (Wildman–Crippen MR) is 113 cm³/mol. The third-order valence-corrected chi connectivity index (χ3v) is 5.49. The zero-order valence-corrected chi connectivity index (χ0v) is 17.9. The minimum Gasteiger partial charge on any atom is -0.467 e. The molecule has 1 heterocycles. The molecule has 0 aliphatic carbocycles. The molecule has 0 saturated heterocycles. The van der Waals surface area contributed by atoms with E-state index in [1.165, 1.54) is 14.0 Å². The second-order valence-electron chi connectivity index (χ2n) is 7.06. The van der Waals surface area contributed by atoms with Gasteiger partial charge in [0, 0.05) is 37.4 Å². The molecule has 0 saturated carbocycles. The molecule has 0 bridgehead atoms. The third-order valence-electron chi connectivity index (χ3n) is 4.55. The van der Waals surface area contributed by atoms with Gasteiger partial charge < -0.3 is 10.1 Å². The van der Waals surface area contributed by atoms with Gasteiger partial charge in [-0.15, -0.1) is 0 Å². The molecule has 0 radical (unpaired) electrons. The van der Waals surface area contributed by atoms with Gasteiger partial charge in [-0.1, -0.05) is 37.7 Å². The first kappa shape index (κ1) is 22.7. The van der Waals surface area contributed by atoms with Crippen molar-refractivity contribution in [1.82, 2.24) is 15.1 Å². The quantitative estimate of drug-likeness (QED) is 0.631. The Bertz CT molecular complexity index is 819. The summed E-state index contributed by atoms with van der Waals surface area (Å²) in [5.74, 6) is -0.717. The average molecular weight is 418 g/mol. The number of hydrogen-bond donors (Lipinski definition) is 1. The van der Waals surface area contributed by atoms with Crippen LogP contribution in [0.1, 0.15) is 26.3 Å². The number of rotatable bonds is 9. The van der Waals surface area contributed by atoms with E-state index in [4.69, 9.17) is 4.74 Å². The van der Waals surface area contributed by atoms with Crippen molar-refractivity contribution in [3.8, 4) is 5.69 Å². The van der Waals surface area contributed by atoms with Crippen LogP contribution in [0.5, 0.6) is 0 Å². The van der Waals surface area contributed by atoms with Crippen molar-refractivity contribution in [2.75, 3.05) is 12.9 Å². The van der Waals surface area contributed by atoms with E-state index in [2.05, 4.69) is 10.4 Å². The minimum absolute atomic E-state index is 0.0356. The molecule has 29 heavy (non-hydrogen) atoms. The number of amides is 1. The lowest BCUT2D eigenvalue weighted by Gasteiger charge is -2.23. The Morgan fingerprint density at radius 1 is 1.21 bits per heavy atom. The van der Waals surface area contributed by atoms with E-state index in [-0.39, 0.29) is 22.9 Å². The Hall–Kier alpha value is -2.61. The van der Waals surface area contributed by atoms with Gasteiger partial charge in [-0.2, -0.15) is 5.10 Å². The highest BCUT2D eigenvalue weighted by atomic mass is 32.2. The van der Waals surface area contributed by atoms with Gasteiger partial charge in [-0.3, -0.25) is 9.59 Å². The Labute approximate surface area is 175 Å². The van der Waals surface area contributed by atoms with Gasteiger partial charge in [0.15, 0.2) is 5.12 Å². The summed E-state index contributed by atoms with van der Waals surface area (Å²) in [6.45, 7) is 5.32. The number of methoxy groups -OCH3 is 1. The number of thioether (sulfide) groups is 1. The number of esters is 1. The summed E-state index contributed by atoms with van der Waals surface area (Å²) >= 11 is 1.12. The van der Waals surface area contributed by atoms with Crippen LogP contribution in [0, 0.1) is 11.8 Å². The largest absolute Gasteiger partial charge is 0.467 e. The molecule has 1 N–H and O–H groups in total. The first-order valence-corrected chi connectivity index (χ1v) is 10.4. The molecule has 8 heteroatoms. The van der Waals surface area contributed by atoms with Gasteiger partial charge in [0.2, 0.25) is 5.91 Å². The maximum atomic E-state index is 12.8. The summed E-state index contributed by atoms with van der Waals surface area (Å²) < 4.78 is 6.62. The summed E-state index contributed by atoms with van der Waals surface area (Å²) in [5, 5.41) is 6.95. The number of ether oxygens (including phenoxy) is 1. The molecule has 0 aliphatic rings. The molecule has 0 unspecified atom stereocenters. The molecule has 2 atom stereocenters. The molecule has 7 nitrogen and oxygen atoms in total. The van der Waals surface area contributed by atoms with E-state index in [9.17, 15) is 14.4 Å². The maximum absolute atomic E-state index is 12.8. The standard InChI is InChI=1S/C21H27N3O4S/c1-14(2)18(13-29-15(3)25)20(26)23-19(21(27)28-4)12-16-6-8-17(9-7-16)24-11-5-10-22-24/h5-11,14,18-19H,12-13H2,1-4H3,(H,23,26)/t18-,19-/m0/s1. The minimum atomic E-state index is -0.799. The molecule has 2 aromatic rings. The summed E-state index contributed by atoms with van der Waals surface area (Å²) in [7, 11) is 1.30. The van der Waals surface area contributed by atoms with Crippen molar-refractivity contribution in [3.63, 3.8) is 0 Å². The van der Waals surface area contributed by atoms with Crippen molar-refractivity contribution >= 4 is 28.8 Å². The van der Waals surface area contributed by atoms with Crippen LogP contribution in [0.3, 0.4) is 0 Å². The number of nitrogens with zero attached hydrogens (tertiary/aromatic N) is 2. The van der Waals surface area contributed by atoms with Gasteiger partial charge in [-0.25, -0.2) is 9.48 Å². The monoisotopic (exact) mass is 417 g/mol. The Morgan fingerprint density at radius 3 is 2.41 bits per heavy atom. The van der Waals surface area contributed by atoms with Crippen molar-refractivity contribution in [1.29, 1.82) is 0 Å². The van der Waals surface area contributed by atoms with Crippen molar-refractivity contribution in [2.45, 2.75) is 33.2 Å². The number of carbonyl (C=O) groups excluding carboxylic acids is 3. The van der Waals surface area contributed by atoms with Crippen LogP contribution in [0.2, 0.25) is 0 Å². The predicted octanol–water partition coefficient (Wildman–Crippen LogP) is 2.62. The SMILES string of the molecule is COC(=O)[C@H](Cc1ccc(-n2cccn2)cc1)NC(=O)[C@@H](CSC(C)=O)C(C)C. The van der Waals surface area contributed by atoms with E-state index in [0.717, 1.165) is 23.0 Å². The fraction of sp³-hybridized carbons (Fsp3) is 0.429. The Balaban J connectivity index is 2.09. The Kier molecular flexibility index (Phi) is 8.45. The average Bonchev–Trinajstić information content (AvgIpc) is 3.21. The molecule has 0 aliphatic heterocycles. The lowest BCUT2D eigenvalue weighted by Crippen LogP contribution is -2.47. The van der Waals surface area contributed by atoms with Crippen LogP contribution >= 0.6 is 11.8 Å². The molecular weight excluding hydrogens is 390 g/mol. The summed E-state index contributed by atoms with van der Waals surface area (Å²) in [6.07, 6.45) is 3.85. The van der Waals surface area contributed by atoms with E-state index in [0.29, 0.717) is 12.2 Å². The molecule has 0 fully saturated rings. The number of benzene rings is 1. The lowest BCUT2D eigenvalue weighted by molar-refractivity contribution is -0.145. The maximum Gasteiger partial charge on any atom is 0.328 e. The fourth-order valence-electron chi connectivity index (χ4n) is 2.83. The van der Waals surface area contributed by atoms with Gasteiger partial charge in [-0.05, 0) is 29.7 Å². The highest BCUT2D eigenvalue weighted by Gasteiger charge is 2.28. The van der Waals surface area contributed by atoms with Crippen LogP contribution in [0.25, 0.3) is 5.69 Å². The van der Waals surface area contributed by atoms with E-state index >= 15 is 0 Å². The van der Waals surface area contributed by atoms with Crippen LogP contribution < -0.4 is 5.32 Å². The highest BCUT2D eigenvalue weighted by Crippen LogP contribution is 2.19. The first-order valence-electron chi connectivity index (χ1n) is 9.42. The molecule has 1 aromatic heterocycles. The fourth-order valence-corrected chi connectivity index (χ4v) is 3.78. The second-order valence-corrected chi connectivity index (χ2v) is 8.26. The number of nitrogens with one attached hydrogen (secondary N) is 1. The molecule has 1 aromatic carbocycles. The van der Waals surface area contributed by atoms with Crippen LogP contribution in [0.4, 0.5) is 0 Å². The van der Waals surface area contributed by atoms with Crippen molar-refractivity contribution in [3.05, 3.63) is 48.3 Å². The summed E-state index contributed by atoms with van der Waals surface area (Å²) in [5.41, 5.74) is 1.79. The first-order chi connectivity index (χ1) is 13.8. The molecule has 0 spiro atoms. The summed E-state index contributed by atoms with van der Waals surface area (Å²) in [6, 6.07) is 8.63. The molecular formula is C21H27N3O4S. The molecule has 2 rings (SSSR count). The topological polar surface area (TPSA) is 90.3 Å². The third kappa shape index (κ3) is 6.74. The zero-order valence-electron chi connectivity index (χ0n) is 17.1. The van der Waals surface area contributed by atoms with Crippen LogP contribution in [0.15, 0.2) is 42.7 Å².